The third kappa shape index (κ3) is 5.34. The molecule has 0 bridgehead atoms. The van der Waals surface area contributed by atoms with Gasteiger partial charge in [-0.15, -0.1) is 22.2 Å². The van der Waals surface area contributed by atoms with E-state index in [0.717, 1.165) is 6.42 Å². The molecule has 0 amide bonds. The first kappa shape index (κ1) is 14.7. The SMILES string of the molecule is CC(CCOCC1COC(C)(C)O1)[Si](Cl)Cl. The molecule has 2 unspecified atom stereocenters. The lowest BCUT2D eigenvalue weighted by Gasteiger charge is -2.17. The van der Waals surface area contributed by atoms with Gasteiger partial charge >= 0.3 is 0 Å². The number of hydrogen-bond acceptors (Lipinski definition) is 3. The molecule has 6 heteroatoms. The van der Waals surface area contributed by atoms with Gasteiger partial charge in [0.25, 0.3) is 7.42 Å². The lowest BCUT2D eigenvalue weighted by atomic mass is 10.3. The Kier molecular flexibility index (Phi) is 6.05. The lowest BCUT2D eigenvalue weighted by Crippen LogP contribution is -2.24. The third-order valence-electron chi connectivity index (χ3n) is 2.44. The third-order valence-corrected chi connectivity index (χ3v) is 5.71. The fraction of sp³-hybridized carbons (Fsp3) is 1.00. The van der Waals surface area contributed by atoms with E-state index >= 15 is 0 Å². The number of rotatable bonds is 6. The molecule has 1 aliphatic heterocycles. The molecule has 0 aromatic carbocycles. The standard InChI is InChI=1S/C10H19Cl2O3Si/c1-8(16(11)12)4-5-13-6-9-7-14-10(2,3)15-9/h8-9H,4-7H2,1-3H3. The van der Waals surface area contributed by atoms with Crippen LogP contribution in [0.4, 0.5) is 0 Å². The summed E-state index contributed by atoms with van der Waals surface area (Å²) >= 11 is 11.7. The Morgan fingerprint density at radius 2 is 2.19 bits per heavy atom. The summed E-state index contributed by atoms with van der Waals surface area (Å²) in [6, 6.07) is 0. The van der Waals surface area contributed by atoms with E-state index in [9.17, 15) is 0 Å². The average molecular weight is 286 g/mol. The van der Waals surface area contributed by atoms with E-state index in [0.29, 0.717) is 25.4 Å². The summed E-state index contributed by atoms with van der Waals surface area (Å²) in [4.78, 5) is 0. The fourth-order valence-corrected chi connectivity index (χ4v) is 2.42. The zero-order chi connectivity index (χ0) is 12.2. The van der Waals surface area contributed by atoms with Crippen LogP contribution < -0.4 is 0 Å². The number of ether oxygens (including phenoxy) is 3. The first-order valence-electron chi connectivity index (χ1n) is 5.48. The lowest BCUT2D eigenvalue weighted by molar-refractivity contribution is -0.145. The Hall–Kier alpha value is 0.677. The van der Waals surface area contributed by atoms with E-state index in [-0.39, 0.29) is 6.10 Å². The highest BCUT2D eigenvalue weighted by Gasteiger charge is 2.32. The van der Waals surface area contributed by atoms with Gasteiger partial charge in [0.2, 0.25) is 0 Å². The van der Waals surface area contributed by atoms with Crippen LogP contribution in [0.1, 0.15) is 27.2 Å². The van der Waals surface area contributed by atoms with Crippen LogP contribution in [0.15, 0.2) is 0 Å². The van der Waals surface area contributed by atoms with Crippen LogP contribution in [0, 0.1) is 0 Å². The monoisotopic (exact) mass is 285 g/mol. The largest absolute Gasteiger partial charge is 0.379 e. The molecule has 0 aliphatic carbocycles. The Balaban J connectivity index is 2.04. The zero-order valence-electron chi connectivity index (χ0n) is 9.96. The van der Waals surface area contributed by atoms with E-state index in [1.165, 1.54) is 0 Å². The number of hydrogen-bond donors (Lipinski definition) is 0. The Morgan fingerprint density at radius 3 is 2.69 bits per heavy atom. The second kappa shape index (κ2) is 6.57. The second-order valence-electron chi connectivity index (χ2n) is 4.50. The Labute approximate surface area is 108 Å². The van der Waals surface area contributed by atoms with Crippen molar-refractivity contribution in [2.75, 3.05) is 19.8 Å². The number of halogens is 2. The van der Waals surface area contributed by atoms with Crippen molar-refractivity contribution in [3.63, 3.8) is 0 Å². The van der Waals surface area contributed by atoms with Crippen LogP contribution in [0.2, 0.25) is 5.54 Å². The van der Waals surface area contributed by atoms with Crippen LogP contribution in [-0.2, 0) is 14.2 Å². The zero-order valence-corrected chi connectivity index (χ0v) is 12.5. The maximum atomic E-state index is 5.84. The molecule has 3 nitrogen and oxygen atoms in total. The van der Waals surface area contributed by atoms with Gasteiger partial charge in [-0.3, -0.25) is 0 Å². The van der Waals surface area contributed by atoms with Crippen LogP contribution in [0.3, 0.4) is 0 Å². The molecule has 0 spiro atoms. The molecule has 1 radical (unpaired) electrons. The highest BCUT2D eigenvalue weighted by atomic mass is 35.7. The van der Waals surface area contributed by atoms with E-state index in [4.69, 9.17) is 36.4 Å². The summed E-state index contributed by atoms with van der Waals surface area (Å²) in [5, 5.41) is 0. The van der Waals surface area contributed by atoms with Crippen molar-refractivity contribution < 1.29 is 14.2 Å². The van der Waals surface area contributed by atoms with Crippen molar-refractivity contribution in [2.24, 2.45) is 0 Å². The minimum Gasteiger partial charge on any atom is -0.379 e. The van der Waals surface area contributed by atoms with E-state index < -0.39 is 13.2 Å². The van der Waals surface area contributed by atoms with Crippen molar-refractivity contribution in [1.82, 2.24) is 0 Å². The van der Waals surface area contributed by atoms with Crippen LogP contribution >= 0.6 is 22.2 Å². The van der Waals surface area contributed by atoms with Crippen molar-refractivity contribution in [2.45, 2.75) is 44.6 Å². The highest BCUT2D eigenvalue weighted by Crippen LogP contribution is 2.23. The predicted molar refractivity (Wildman–Crippen MR) is 67.2 cm³/mol. The van der Waals surface area contributed by atoms with E-state index in [1.54, 1.807) is 0 Å². The van der Waals surface area contributed by atoms with E-state index in [2.05, 4.69) is 6.92 Å². The first-order chi connectivity index (χ1) is 7.41. The summed E-state index contributed by atoms with van der Waals surface area (Å²) in [5.74, 6) is -0.468. The topological polar surface area (TPSA) is 27.7 Å². The summed E-state index contributed by atoms with van der Waals surface area (Å²) < 4.78 is 16.6. The normalized spacial score (nSPS) is 26.2. The summed E-state index contributed by atoms with van der Waals surface area (Å²) in [6.45, 7) is 7.71. The van der Waals surface area contributed by atoms with Gasteiger partial charge in [0, 0.05) is 6.61 Å². The molecule has 16 heavy (non-hydrogen) atoms. The minimum absolute atomic E-state index is 0.0436. The smallest absolute Gasteiger partial charge is 0.276 e. The van der Waals surface area contributed by atoms with Crippen LogP contribution in [0.5, 0.6) is 0 Å². The van der Waals surface area contributed by atoms with Gasteiger partial charge in [-0.05, 0) is 25.8 Å². The van der Waals surface area contributed by atoms with Gasteiger partial charge in [-0.1, -0.05) is 6.92 Å². The Bertz CT molecular complexity index is 214. The second-order valence-corrected chi connectivity index (χ2v) is 9.09. The van der Waals surface area contributed by atoms with Crippen LogP contribution in [0.25, 0.3) is 0 Å². The van der Waals surface area contributed by atoms with Crippen molar-refractivity contribution >= 4 is 29.6 Å². The Morgan fingerprint density at radius 1 is 1.50 bits per heavy atom. The first-order valence-corrected chi connectivity index (χ1v) is 9.08. The highest BCUT2D eigenvalue weighted by molar-refractivity contribution is 7.34. The molecule has 0 aromatic heterocycles. The molecule has 0 aromatic rings. The molecular formula is C10H19Cl2O3Si. The average Bonchev–Trinajstić information content (AvgIpc) is 2.52. The summed E-state index contributed by atoms with van der Waals surface area (Å²) in [6.07, 6.45) is 0.945. The van der Waals surface area contributed by atoms with Gasteiger partial charge in [0.1, 0.15) is 6.10 Å². The predicted octanol–water partition coefficient (Wildman–Crippen LogP) is 2.90. The maximum absolute atomic E-state index is 5.84. The fourth-order valence-electron chi connectivity index (χ4n) is 1.43. The molecular weight excluding hydrogens is 267 g/mol. The van der Waals surface area contributed by atoms with Crippen LogP contribution in [-0.4, -0.2) is 39.1 Å². The molecule has 2 atom stereocenters. The van der Waals surface area contributed by atoms with Gasteiger partial charge in [0.05, 0.1) is 13.2 Å². The minimum atomic E-state index is -1.22. The van der Waals surface area contributed by atoms with E-state index in [1.807, 2.05) is 13.8 Å². The van der Waals surface area contributed by atoms with Crippen molar-refractivity contribution in [3.8, 4) is 0 Å². The van der Waals surface area contributed by atoms with Gasteiger partial charge < -0.3 is 14.2 Å². The van der Waals surface area contributed by atoms with Gasteiger partial charge in [-0.25, -0.2) is 0 Å². The van der Waals surface area contributed by atoms with Gasteiger partial charge in [-0.2, -0.15) is 0 Å². The quantitative estimate of drug-likeness (QED) is 0.427. The molecule has 1 fully saturated rings. The molecule has 95 valence electrons. The molecule has 1 aliphatic rings. The van der Waals surface area contributed by atoms with Crippen molar-refractivity contribution in [3.05, 3.63) is 0 Å². The summed E-state index contributed by atoms with van der Waals surface area (Å²) in [7, 11) is -1.22. The molecule has 1 rings (SSSR count). The molecule has 1 heterocycles. The maximum Gasteiger partial charge on any atom is 0.276 e. The molecule has 0 N–H and O–H groups in total. The summed E-state index contributed by atoms with van der Waals surface area (Å²) in [5.41, 5.74) is 0.352. The van der Waals surface area contributed by atoms with Crippen molar-refractivity contribution in [1.29, 1.82) is 0 Å². The van der Waals surface area contributed by atoms with Gasteiger partial charge in [0.15, 0.2) is 5.79 Å². The molecule has 1 saturated heterocycles. The molecule has 0 saturated carbocycles.